The van der Waals surface area contributed by atoms with Crippen molar-refractivity contribution in [3.63, 3.8) is 0 Å². The fraction of sp³-hybridized carbons (Fsp3) is 0.154. The standard InChI is InChI=1S/C13H14BrN5O/c1-7-3-4-9(6-10(7)14)17-12(20)11-5-8(2)16-13(18-11)19-15/h3-6H,15H2,1-2H3,(H,17,20)(H,16,18,19). The number of carbonyl (C=O) groups excluding carboxylic acids is 1. The number of anilines is 2. The molecule has 20 heavy (non-hydrogen) atoms. The van der Waals surface area contributed by atoms with Gasteiger partial charge in [0, 0.05) is 15.9 Å². The second kappa shape index (κ2) is 5.98. The van der Waals surface area contributed by atoms with Crippen LogP contribution in [0.25, 0.3) is 0 Å². The average Bonchev–Trinajstić information content (AvgIpc) is 2.42. The van der Waals surface area contributed by atoms with E-state index in [0.29, 0.717) is 11.4 Å². The van der Waals surface area contributed by atoms with Crippen LogP contribution in [0.5, 0.6) is 0 Å². The summed E-state index contributed by atoms with van der Waals surface area (Å²) in [6.45, 7) is 3.74. The van der Waals surface area contributed by atoms with Gasteiger partial charge in [-0.3, -0.25) is 10.2 Å². The molecule has 0 bridgehead atoms. The van der Waals surface area contributed by atoms with Crippen LogP contribution in [0, 0.1) is 13.8 Å². The second-order valence-corrected chi connectivity index (χ2v) is 5.13. The van der Waals surface area contributed by atoms with Gasteiger partial charge in [-0.05, 0) is 37.6 Å². The first-order valence-electron chi connectivity index (χ1n) is 5.89. The SMILES string of the molecule is Cc1cc(C(=O)Nc2ccc(C)c(Br)c2)nc(NN)n1. The fourth-order valence-electron chi connectivity index (χ4n) is 1.62. The molecule has 0 saturated carbocycles. The van der Waals surface area contributed by atoms with Crippen LogP contribution in [0.2, 0.25) is 0 Å². The molecule has 0 atom stereocenters. The molecule has 0 aliphatic rings. The van der Waals surface area contributed by atoms with Gasteiger partial charge in [-0.15, -0.1) is 0 Å². The molecule has 0 aliphatic carbocycles. The third-order valence-electron chi connectivity index (χ3n) is 2.65. The quantitative estimate of drug-likeness (QED) is 0.591. The average molecular weight is 336 g/mol. The van der Waals surface area contributed by atoms with Gasteiger partial charge >= 0.3 is 0 Å². The number of benzene rings is 1. The third-order valence-corrected chi connectivity index (χ3v) is 3.50. The Bertz CT molecular complexity index is 659. The Balaban J connectivity index is 2.23. The summed E-state index contributed by atoms with van der Waals surface area (Å²) >= 11 is 3.42. The molecule has 0 spiro atoms. The Hall–Kier alpha value is -1.99. The highest BCUT2D eigenvalue weighted by Gasteiger charge is 2.11. The number of carbonyl (C=O) groups is 1. The van der Waals surface area contributed by atoms with E-state index in [9.17, 15) is 4.79 Å². The smallest absolute Gasteiger partial charge is 0.274 e. The first kappa shape index (κ1) is 14.4. The summed E-state index contributed by atoms with van der Waals surface area (Å²) in [5.41, 5.74) is 5.02. The van der Waals surface area contributed by atoms with Crippen LogP contribution in [0.15, 0.2) is 28.7 Å². The number of nitrogens with zero attached hydrogens (tertiary/aromatic N) is 2. The van der Waals surface area contributed by atoms with Crippen LogP contribution < -0.4 is 16.6 Å². The number of hydrogen-bond donors (Lipinski definition) is 3. The van der Waals surface area contributed by atoms with Crippen molar-refractivity contribution in [2.24, 2.45) is 5.84 Å². The molecular formula is C13H14BrN5O. The molecule has 7 heteroatoms. The Morgan fingerprint density at radius 3 is 2.65 bits per heavy atom. The molecule has 2 aromatic rings. The molecule has 104 valence electrons. The molecular weight excluding hydrogens is 322 g/mol. The normalized spacial score (nSPS) is 10.2. The lowest BCUT2D eigenvalue weighted by Crippen LogP contribution is -2.18. The molecule has 0 unspecified atom stereocenters. The molecule has 1 heterocycles. The number of rotatable bonds is 3. The zero-order valence-corrected chi connectivity index (χ0v) is 12.7. The van der Waals surface area contributed by atoms with Crippen molar-refractivity contribution in [2.75, 3.05) is 10.7 Å². The molecule has 6 nitrogen and oxygen atoms in total. The van der Waals surface area contributed by atoms with E-state index < -0.39 is 0 Å². The minimum atomic E-state index is -0.317. The van der Waals surface area contributed by atoms with E-state index in [4.69, 9.17) is 5.84 Å². The Labute approximate surface area is 124 Å². The van der Waals surface area contributed by atoms with Gasteiger partial charge in [0.2, 0.25) is 5.95 Å². The molecule has 1 aromatic carbocycles. The number of halogens is 1. The van der Waals surface area contributed by atoms with Crippen molar-refractivity contribution in [3.05, 3.63) is 45.7 Å². The van der Waals surface area contributed by atoms with Gasteiger partial charge in [0.15, 0.2) is 0 Å². The number of nitrogens with one attached hydrogen (secondary N) is 2. The van der Waals surface area contributed by atoms with Crippen molar-refractivity contribution < 1.29 is 4.79 Å². The largest absolute Gasteiger partial charge is 0.321 e. The van der Waals surface area contributed by atoms with Gasteiger partial charge in [-0.1, -0.05) is 22.0 Å². The number of aryl methyl sites for hydroxylation is 2. The van der Waals surface area contributed by atoms with Crippen molar-refractivity contribution in [1.82, 2.24) is 9.97 Å². The molecule has 1 amide bonds. The summed E-state index contributed by atoms with van der Waals surface area (Å²) in [5.74, 6) is 5.16. The minimum Gasteiger partial charge on any atom is -0.321 e. The van der Waals surface area contributed by atoms with Gasteiger partial charge in [-0.2, -0.15) is 0 Å². The van der Waals surface area contributed by atoms with Crippen molar-refractivity contribution in [1.29, 1.82) is 0 Å². The molecule has 0 saturated heterocycles. The zero-order valence-electron chi connectivity index (χ0n) is 11.1. The maximum absolute atomic E-state index is 12.1. The van der Waals surface area contributed by atoms with Gasteiger partial charge < -0.3 is 5.32 Å². The first-order chi connectivity index (χ1) is 9.49. The first-order valence-corrected chi connectivity index (χ1v) is 6.68. The van der Waals surface area contributed by atoms with Crippen LogP contribution >= 0.6 is 15.9 Å². The second-order valence-electron chi connectivity index (χ2n) is 4.28. The molecule has 0 fully saturated rings. The number of hydrazine groups is 1. The van der Waals surface area contributed by atoms with Gasteiger partial charge in [-0.25, -0.2) is 15.8 Å². The van der Waals surface area contributed by atoms with Crippen LogP contribution in [-0.2, 0) is 0 Å². The van der Waals surface area contributed by atoms with Crippen molar-refractivity contribution >= 4 is 33.5 Å². The maximum atomic E-state index is 12.1. The van der Waals surface area contributed by atoms with Crippen LogP contribution in [0.4, 0.5) is 11.6 Å². The van der Waals surface area contributed by atoms with Crippen LogP contribution in [-0.4, -0.2) is 15.9 Å². The number of hydrogen-bond acceptors (Lipinski definition) is 5. The summed E-state index contributed by atoms with van der Waals surface area (Å²) in [7, 11) is 0. The van der Waals surface area contributed by atoms with Gasteiger partial charge in [0.25, 0.3) is 5.91 Å². The Kier molecular flexibility index (Phi) is 4.31. The number of aromatic nitrogens is 2. The summed E-state index contributed by atoms with van der Waals surface area (Å²) < 4.78 is 0.929. The minimum absolute atomic E-state index is 0.209. The highest BCUT2D eigenvalue weighted by atomic mass is 79.9. The van der Waals surface area contributed by atoms with E-state index in [1.807, 2.05) is 25.1 Å². The van der Waals surface area contributed by atoms with E-state index in [2.05, 4.69) is 36.6 Å². The highest BCUT2D eigenvalue weighted by Crippen LogP contribution is 2.21. The maximum Gasteiger partial charge on any atom is 0.274 e. The Morgan fingerprint density at radius 1 is 1.25 bits per heavy atom. The number of amides is 1. The number of nitrogens with two attached hydrogens (primary N) is 1. The number of nitrogen functional groups attached to an aromatic ring is 1. The lowest BCUT2D eigenvalue weighted by atomic mass is 10.2. The zero-order chi connectivity index (χ0) is 14.7. The highest BCUT2D eigenvalue weighted by molar-refractivity contribution is 9.10. The molecule has 1 aromatic heterocycles. The Morgan fingerprint density at radius 2 is 2.00 bits per heavy atom. The molecule has 0 aliphatic heterocycles. The summed E-state index contributed by atoms with van der Waals surface area (Å²) in [6, 6.07) is 7.18. The fourth-order valence-corrected chi connectivity index (χ4v) is 1.99. The predicted octanol–water partition coefficient (Wildman–Crippen LogP) is 2.39. The van der Waals surface area contributed by atoms with Gasteiger partial charge in [0.05, 0.1) is 0 Å². The van der Waals surface area contributed by atoms with E-state index in [1.54, 1.807) is 13.0 Å². The third kappa shape index (κ3) is 3.31. The molecule has 0 radical (unpaired) electrons. The van der Waals surface area contributed by atoms with Crippen LogP contribution in [0.1, 0.15) is 21.7 Å². The van der Waals surface area contributed by atoms with E-state index in [1.165, 1.54) is 0 Å². The molecule has 2 rings (SSSR count). The van der Waals surface area contributed by atoms with Crippen molar-refractivity contribution in [3.8, 4) is 0 Å². The monoisotopic (exact) mass is 335 g/mol. The van der Waals surface area contributed by atoms with E-state index in [0.717, 1.165) is 10.0 Å². The lowest BCUT2D eigenvalue weighted by Gasteiger charge is -2.08. The van der Waals surface area contributed by atoms with E-state index >= 15 is 0 Å². The lowest BCUT2D eigenvalue weighted by molar-refractivity contribution is 0.102. The van der Waals surface area contributed by atoms with Crippen molar-refractivity contribution in [2.45, 2.75) is 13.8 Å². The molecule has 4 N–H and O–H groups in total. The topological polar surface area (TPSA) is 92.9 Å². The van der Waals surface area contributed by atoms with E-state index in [-0.39, 0.29) is 17.5 Å². The van der Waals surface area contributed by atoms with Gasteiger partial charge in [0.1, 0.15) is 5.69 Å². The summed E-state index contributed by atoms with van der Waals surface area (Å²) in [4.78, 5) is 20.2. The summed E-state index contributed by atoms with van der Waals surface area (Å²) in [5, 5.41) is 2.78. The summed E-state index contributed by atoms with van der Waals surface area (Å²) in [6.07, 6.45) is 0. The van der Waals surface area contributed by atoms with Crippen LogP contribution in [0.3, 0.4) is 0 Å². The predicted molar refractivity (Wildman–Crippen MR) is 81.4 cm³/mol.